The third-order valence-electron chi connectivity index (χ3n) is 4.44. The topological polar surface area (TPSA) is 57.7 Å². The van der Waals surface area contributed by atoms with E-state index >= 15 is 0 Å². The minimum atomic E-state index is 0.722. The number of imidazole rings is 1. The molecule has 5 nitrogen and oxygen atoms in total. The highest BCUT2D eigenvalue weighted by Crippen LogP contribution is 2.27. The van der Waals surface area contributed by atoms with Gasteiger partial charge in [0.05, 0.1) is 6.33 Å². The zero-order valence-corrected chi connectivity index (χ0v) is 13.2. The number of nitrogens with one attached hydrogen (secondary N) is 1. The van der Waals surface area contributed by atoms with Crippen LogP contribution >= 0.6 is 0 Å². The molecular formula is C18H19N5. The maximum absolute atomic E-state index is 4.44. The van der Waals surface area contributed by atoms with Crippen molar-refractivity contribution < 1.29 is 0 Å². The molecule has 0 spiro atoms. The summed E-state index contributed by atoms with van der Waals surface area (Å²) in [7, 11) is 0. The fourth-order valence-corrected chi connectivity index (χ4v) is 3.07. The summed E-state index contributed by atoms with van der Waals surface area (Å²) in [6.45, 7) is 3.99. The van der Waals surface area contributed by atoms with Gasteiger partial charge in [0.2, 0.25) is 0 Å². The molecule has 1 aliphatic heterocycles. The molecule has 0 amide bonds. The van der Waals surface area contributed by atoms with Crippen LogP contribution in [-0.2, 0) is 6.42 Å². The zero-order valence-electron chi connectivity index (χ0n) is 13.2. The molecule has 4 rings (SSSR count). The van der Waals surface area contributed by atoms with E-state index in [4.69, 9.17) is 0 Å². The molecular weight excluding hydrogens is 286 g/mol. The minimum absolute atomic E-state index is 0.722. The molecule has 1 aliphatic rings. The Hall–Kier alpha value is -2.69. The summed E-state index contributed by atoms with van der Waals surface area (Å²) < 4.78 is 0. The summed E-state index contributed by atoms with van der Waals surface area (Å²) in [6, 6.07) is 8.92. The van der Waals surface area contributed by atoms with Gasteiger partial charge in [-0.05, 0) is 29.5 Å². The predicted molar refractivity (Wildman–Crippen MR) is 92.3 cm³/mol. The molecule has 0 aliphatic carbocycles. The number of benzene rings is 1. The second-order valence-corrected chi connectivity index (χ2v) is 5.77. The zero-order chi connectivity index (χ0) is 15.6. The Morgan fingerprint density at radius 1 is 1.13 bits per heavy atom. The number of aromatic nitrogens is 4. The molecule has 1 N–H and O–H groups in total. The van der Waals surface area contributed by atoms with Crippen LogP contribution in [0.15, 0.2) is 43.0 Å². The van der Waals surface area contributed by atoms with Gasteiger partial charge < -0.3 is 9.88 Å². The van der Waals surface area contributed by atoms with Gasteiger partial charge in [0.1, 0.15) is 11.8 Å². The Morgan fingerprint density at radius 2 is 2.00 bits per heavy atom. The van der Waals surface area contributed by atoms with Gasteiger partial charge in [-0.25, -0.2) is 15.0 Å². The van der Waals surface area contributed by atoms with Crippen molar-refractivity contribution >= 4 is 22.6 Å². The summed E-state index contributed by atoms with van der Waals surface area (Å²) >= 11 is 0. The first-order valence-corrected chi connectivity index (χ1v) is 8.02. The van der Waals surface area contributed by atoms with Crippen LogP contribution in [0.1, 0.15) is 24.5 Å². The lowest BCUT2D eigenvalue weighted by Crippen LogP contribution is -2.29. The molecule has 0 fully saturated rings. The fraction of sp³-hybridized carbons (Fsp3) is 0.278. The van der Waals surface area contributed by atoms with E-state index in [-0.39, 0.29) is 0 Å². The van der Waals surface area contributed by atoms with Crippen LogP contribution in [0.25, 0.3) is 16.7 Å². The molecule has 3 heterocycles. The number of anilines is 1. The Labute approximate surface area is 135 Å². The summed E-state index contributed by atoms with van der Waals surface area (Å²) in [6.07, 6.45) is 7.66. The first kappa shape index (κ1) is 13.9. The number of aryl methyl sites for hydroxylation is 1. The highest BCUT2D eigenvalue weighted by Gasteiger charge is 2.17. The van der Waals surface area contributed by atoms with E-state index in [2.05, 4.69) is 62.1 Å². The minimum Gasteiger partial charge on any atom is -0.351 e. The van der Waals surface area contributed by atoms with Crippen molar-refractivity contribution in [3.8, 4) is 0 Å². The van der Waals surface area contributed by atoms with Gasteiger partial charge in [-0.15, -0.1) is 0 Å². The lowest BCUT2D eigenvalue weighted by Gasteiger charge is -2.27. The van der Waals surface area contributed by atoms with Gasteiger partial charge >= 0.3 is 0 Å². The average Bonchev–Trinajstić information content (AvgIpc) is 3.11. The molecule has 5 heteroatoms. The molecule has 0 unspecified atom stereocenters. The van der Waals surface area contributed by atoms with E-state index in [1.165, 1.54) is 16.7 Å². The Kier molecular flexibility index (Phi) is 3.54. The summed E-state index contributed by atoms with van der Waals surface area (Å²) in [5.41, 5.74) is 5.76. The van der Waals surface area contributed by atoms with E-state index in [1.807, 2.05) is 0 Å². The van der Waals surface area contributed by atoms with Gasteiger partial charge in [-0.3, -0.25) is 0 Å². The highest BCUT2D eigenvalue weighted by molar-refractivity contribution is 5.83. The van der Waals surface area contributed by atoms with E-state index in [0.717, 1.165) is 42.9 Å². The molecule has 0 saturated carbocycles. The van der Waals surface area contributed by atoms with E-state index in [0.29, 0.717) is 0 Å². The summed E-state index contributed by atoms with van der Waals surface area (Å²) in [5.74, 6) is 0.934. The molecule has 0 bridgehead atoms. The quantitative estimate of drug-likeness (QED) is 0.807. The standard InChI is InChI=1S/C18H19N5/c1-2-13-3-5-14(6-4-13)15-7-9-23(10-8-15)18-16-17(20-11-19-16)21-12-22-18/h3-7,11-12H,2,8-10H2,1H3,(H,19,20,21,22). The normalized spacial score (nSPS) is 15.0. The summed E-state index contributed by atoms with van der Waals surface area (Å²) in [4.78, 5) is 18.2. The number of nitrogens with zero attached hydrogens (tertiary/aromatic N) is 4. The molecule has 2 aromatic heterocycles. The van der Waals surface area contributed by atoms with Crippen molar-refractivity contribution in [2.75, 3.05) is 18.0 Å². The number of H-pyrrole nitrogens is 1. The van der Waals surface area contributed by atoms with E-state index in [9.17, 15) is 0 Å². The van der Waals surface area contributed by atoms with Crippen molar-refractivity contribution in [3.63, 3.8) is 0 Å². The first-order valence-electron chi connectivity index (χ1n) is 8.02. The van der Waals surface area contributed by atoms with Crippen molar-refractivity contribution in [1.82, 2.24) is 19.9 Å². The number of aromatic amines is 1. The van der Waals surface area contributed by atoms with Crippen LogP contribution < -0.4 is 4.90 Å². The second kappa shape index (κ2) is 5.83. The molecule has 0 atom stereocenters. The highest BCUT2D eigenvalue weighted by atomic mass is 15.2. The molecule has 116 valence electrons. The predicted octanol–water partition coefficient (Wildman–Crippen LogP) is 3.21. The van der Waals surface area contributed by atoms with Crippen LogP contribution in [0.3, 0.4) is 0 Å². The Morgan fingerprint density at radius 3 is 2.74 bits per heavy atom. The van der Waals surface area contributed by atoms with Crippen LogP contribution in [0, 0.1) is 0 Å². The lowest BCUT2D eigenvalue weighted by atomic mass is 9.98. The van der Waals surface area contributed by atoms with Crippen LogP contribution in [0.5, 0.6) is 0 Å². The number of hydrogen-bond donors (Lipinski definition) is 1. The van der Waals surface area contributed by atoms with E-state index < -0.39 is 0 Å². The lowest BCUT2D eigenvalue weighted by molar-refractivity contribution is 0.817. The SMILES string of the molecule is CCc1ccc(C2=CCN(c3ncnc4nc[nH]c34)CC2)cc1. The van der Waals surface area contributed by atoms with Gasteiger partial charge in [-0.1, -0.05) is 37.3 Å². The number of fused-ring (bicyclic) bond motifs is 1. The average molecular weight is 305 g/mol. The molecule has 0 saturated heterocycles. The van der Waals surface area contributed by atoms with Crippen molar-refractivity contribution in [1.29, 1.82) is 0 Å². The maximum Gasteiger partial charge on any atom is 0.182 e. The molecule has 1 aromatic carbocycles. The molecule has 3 aromatic rings. The number of hydrogen-bond acceptors (Lipinski definition) is 4. The third kappa shape index (κ3) is 2.59. The maximum atomic E-state index is 4.44. The van der Waals surface area contributed by atoms with Crippen LogP contribution in [0.4, 0.5) is 5.82 Å². The fourth-order valence-electron chi connectivity index (χ4n) is 3.07. The van der Waals surface area contributed by atoms with E-state index in [1.54, 1.807) is 12.7 Å². The molecule has 23 heavy (non-hydrogen) atoms. The third-order valence-corrected chi connectivity index (χ3v) is 4.44. The smallest absolute Gasteiger partial charge is 0.182 e. The van der Waals surface area contributed by atoms with Gasteiger partial charge in [-0.2, -0.15) is 0 Å². The Bertz CT molecular complexity index is 847. The van der Waals surface area contributed by atoms with Crippen molar-refractivity contribution in [2.24, 2.45) is 0 Å². The van der Waals surface area contributed by atoms with Gasteiger partial charge in [0.15, 0.2) is 11.5 Å². The van der Waals surface area contributed by atoms with Gasteiger partial charge in [0.25, 0.3) is 0 Å². The van der Waals surface area contributed by atoms with Crippen molar-refractivity contribution in [3.05, 3.63) is 54.1 Å². The Balaban J connectivity index is 1.57. The molecule has 0 radical (unpaired) electrons. The summed E-state index contributed by atoms with van der Waals surface area (Å²) in [5, 5.41) is 0. The largest absolute Gasteiger partial charge is 0.351 e. The van der Waals surface area contributed by atoms with Crippen molar-refractivity contribution in [2.45, 2.75) is 19.8 Å². The van der Waals surface area contributed by atoms with Crippen LogP contribution in [-0.4, -0.2) is 33.0 Å². The monoisotopic (exact) mass is 305 g/mol. The first-order chi connectivity index (χ1) is 11.3. The van der Waals surface area contributed by atoms with Crippen LogP contribution in [0.2, 0.25) is 0 Å². The van der Waals surface area contributed by atoms with Gasteiger partial charge in [0, 0.05) is 13.1 Å². The number of rotatable bonds is 3. The second-order valence-electron chi connectivity index (χ2n) is 5.77.